The SMILES string of the molecule is C/C=C\C(=O)NC(C)=O. The van der Waals surface area contributed by atoms with Crippen molar-refractivity contribution in [1.82, 2.24) is 5.32 Å². The Hall–Kier alpha value is -1.12. The molecule has 9 heavy (non-hydrogen) atoms. The highest BCUT2D eigenvalue weighted by atomic mass is 16.2. The summed E-state index contributed by atoms with van der Waals surface area (Å²) in [4.78, 5) is 20.6. The Bertz CT molecular complexity index is 149. The zero-order valence-electron chi connectivity index (χ0n) is 5.47. The van der Waals surface area contributed by atoms with Crippen molar-refractivity contribution < 1.29 is 9.59 Å². The fourth-order valence-corrected chi connectivity index (χ4v) is 0.367. The fourth-order valence-electron chi connectivity index (χ4n) is 0.367. The van der Waals surface area contributed by atoms with Crippen LogP contribution in [0, 0.1) is 0 Å². The van der Waals surface area contributed by atoms with Gasteiger partial charge < -0.3 is 0 Å². The van der Waals surface area contributed by atoms with E-state index in [4.69, 9.17) is 0 Å². The van der Waals surface area contributed by atoms with Crippen LogP contribution in [-0.2, 0) is 9.59 Å². The number of nitrogens with one attached hydrogen (secondary N) is 1. The molecule has 0 saturated carbocycles. The molecule has 2 amide bonds. The van der Waals surface area contributed by atoms with Gasteiger partial charge in [0.2, 0.25) is 11.8 Å². The topological polar surface area (TPSA) is 46.2 Å². The summed E-state index contributed by atoms with van der Waals surface area (Å²) in [5.41, 5.74) is 0. The average Bonchev–Trinajstić information content (AvgIpc) is 1.63. The zero-order chi connectivity index (χ0) is 7.28. The molecule has 0 aliphatic heterocycles. The lowest BCUT2D eigenvalue weighted by Gasteiger charge is -1.90. The van der Waals surface area contributed by atoms with Gasteiger partial charge in [-0.25, -0.2) is 0 Å². The number of carbonyl (C=O) groups is 2. The zero-order valence-corrected chi connectivity index (χ0v) is 5.47. The summed E-state index contributed by atoms with van der Waals surface area (Å²) in [5, 5.41) is 2.08. The third-order valence-electron chi connectivity index (χ3n) is 0.617. The van der Waals surface area contributed by atoms with Gasteiger partial charge in [0.1, 0.15) is 0 Å². The number of rotatable bonds is 1. The average molecular weight is 127 g/mol. The molecule has 0 rings (SSSR count). The van der Waals surface area contributed by atoms with Crippen molar-refractivity contribution in [3.63, 3.8) is 0 Å². The van der Waals surface area contributed by atoms with Gasteiger partial charge in [0, 0.05) is 6.92 Å². The van der Waals surface area contributed by atoms with Gasteiger partial charge in [-0.2, -0.15) is 0 Å². The molecule has 0 aliphatic rings. The van der Waals surface area contributed by atoms with E-state index in [0.717, 1.165) is 0 Å². The van der Waals surface area contributed by atoms with E-state index in [1.54, 1.807) is 13.0 Å². The molecular weight excluding hydrogens is 118 g/mol. The molecule has 0 aliphatic carbocycles. The lowest BCUT2D eigenvalue weighted by molar-refractivity contribution is -0.126. The summed E-state index contributed by atoms with van der Waals surface area (Å²) in [6, 6.07) is 0. The lowest BCUT2D eigenvalue weighted by atomic mass is 10.5. The van der Waals surface area contributed by atoms with Crippen molar-refractivity contribution in [2.45, 2.75) is 13.8 Å². The van der Waals surface area contributed by atoms with Crippen LogP contribution in [0.25, 0.3) is 0 Å². The first-order valence-electron chi connectivity index (χ1n) is 2.61. The predicted octanol–water partition coefficient (Wildman–Crippen LogP) is 0.225. The van der Waals surface area contributed by atoms with Gasteiger partial charge in [-0.1, -0.05) is 6.08 Å². The van der Waals surface area contributed by atoms with Gasteiger partial charge in [0.05, 0.1) is 0 Å². The second-order valence-electron chi connectivity index (χ2n) is 1.55. The van der Waals surface area contributed by atoms with Crippen molar-refractivity contribution in [1.29, 1.82) is 0 Å². The molecule has 0 fully saturated rings. The molecule has 0 aromatic rings. The fraction of sp³-hybridized carbons (Fsp3) is 0.333. The second kappa shape index (κ2) is 3.83. The Kier molecular flexibility index (Phi) is 3.35. The quantitative estimate of drug-likeness (QED) is 0.512. The number of hydrogen-bond donors (Lipinski definition) is 1. The second-order valence-corrected chi connectivity index (χ2v) is 1.55. The molecule has 1 N–H and O–H groups in total. The Morgan fingerprint density at radius 2 is 2.00 bits per heavy atom. The summed E-state index contributed by atoms with van der Waals surface area (Å²) in [7, 11) is 0. The van der Waals surface area contributed by atoms with E-state index in [0.29, 0.717) is 0 Å². The highest BCUT2D eigenvalue weighted by Gasteiger charge is 1.94. The number of allylic oxidation sites excluding steroid dienone is 1. The van der Waals surface area contributed by atoms with Crippen LogP contribution in [0.4, 0.5) is 0 Å². The standard InChI is InChI=1S/C6H9NO2/c1-3-4-6(9)7-5(2)8/h3-4H,1-2H3,(H,7,8,9)/b4-3-. The minimum Gasteiger partial charge on any atom is -0.293 e. The molecule has 0 radical (unpaired) electrons. The normalized spacial score (nSPS) is 9.56. The largest absolute Gasteiger partial charge is 0.293 e. The maximum atomic E-state index is 10.4. The van der Waals surface area contributed by atoms with Gasteiger partial charge in [-0.05, 0) is 13.0 Å². The summed E-state index contributed by atoms with van der Waals surface area (Å²) in [6.07, 6.45) is 2.86. The van der Waals surface area contributed by atoms with Gasteiger partial charge in [-0.3, -0.25) is 14.9 Å². The van der Waals surface area contributed by atoms with E-state index < -0.39 is 0 Å². The highest BCUT2D eigenvalue weighted by molar-refractivity contribution is 5.99. The van der Waals surface area contributed by atoms with E-state index in [2.05, 4.69) is 5.32 Å². The Morgan fingerprint density at radius 1 is 1.44 bits per heavy atom. The predicted molar refractivity (Wildman–Crippen MR) is 33.6 cm³/mol. The maximum absolute atomic E-state index is 10.4. The smallest absolute Gasteiger partial charge is 0.250 e. The molecule has 0 heterocycles. The van der Waals surface area contributed by atoms with Crippen LogP contribution in [0.1, 0.15) is 13.8 Å². The van der Waals surface area contributed by atoms with Crippen LogP contribution in [0.3, 0.4) is 0 Å². The van der Waals surface area contributed by atoms with Crippen LogP contribution in [0.15, 0.2) is 12.2 Å². The molecule has 0 unspecified atom stereocenters. The Labute approximate surface area is 53.7 Å². The molecule has 3 heteroatoms. The van der Waals surface area contributed by atoms with Gasteiger partial charge in [0.25, 0.3) is 0 Å². The van der Waals surface area contributed by atoms with Crippen LogP contribution < -0.4 is 5.32 Å². The summed E-state index contributed by atoms with van der Waals surface area (Å²) in [5.74, 6) is -0.705. The van der Waals surface area contributed by atoms with E-state index >= 15 is 0 Å². The molecule has 0 atom stereocenters. The molecule has 0 bridgehead atoms. The summed E-state index contributed by atoms with van der Waals surface area (Å²) in [6.45, 7) is 3.00. The summed E-state index contributed by atoms with van der Waals surface area (Å²) < 4.78 is 0. The molecule has 50 valence electrons. The van der Waals surface area contributed by atoms with E-state index in [-0.39, 0.29) is 11.8 Å². The minimum atomic E-state index is -0.370. The molecule has 0 saturated heterocycles. The van der Waals surface area contributed by atoms with Gasteiger partial charge in [0.15, 0.2) is 0 Å². The monoisotopic (exact) mass is 127 g/mol. The maximum Gasteiger partial charge on any atom is 0.250 e. The van der Waals surface area contributed by atoms with E-state index in [1.807, 2.05) is 0 Å². The van der Waals surface area contributed by atoms with Crippen LogP contribution in [-0.4, -0.2) is 11.8 Å². The highest BCUT2D eigenvalue weighted by Crippen LogP contribution is 1.70. The third-order valence-corrected chi connectivity index (χ3v) is 0.617. The van der Waals surface area contributed by atoms with Crippen LogP contribution in [0.5, 0.6) is 0 Å². The first-order chi connectivity index (χ1) is 4.16. The third kappa shape index (κ3) is 4.74. The van der Waals surface area contributed by atoms with E-state index in [9.17, 15) is 9.59 Å². The van der Waals surface area contributed by atoms with Crippen LogP contribution >= 0.6 is 0 Å². The van der Waals surface area contributed by atoms with Crippen LogP contribution in [0.2, 0.25) is 0 Å². The Morgan fingerprint density at radius 3 is 2.33 bits per heavy atom. The lowest BCUT2D eigenvalue weighted by Crippen LogP contribution is -2.25. The van der Waals surface area contributed by atoms with Crippen molar-refractivity contribution in [2.75, 3.05) is 0 Å². The van der Waals surface area contributed by atoms with E-state index in [1.165, 1.54) is 13.0 Å². The van der Waals surface area contributed by atoms with Crippen molar-refractivity contribution >= 4 is 11.8 Å². The summed E-state index contributed by atoms with van der Waals surface area (Å²) >= 11 is 0. The Balaban J connectivity index is 3.64. The number of imide groups is 1. The van der Waals surface area contributed by atoms with Gasteiger partial charge in [-0.15, -0.1) is 0 Å². The molecule has 0 aromatic heterocycles. The molecule has 0 spiro atoms. The number of carbonyl (C=O) groups excluding carboxylic acids is 2. The number of hydrogen-bond acceptors (Lipinski definition) is 2. The molecule has 3 nitrogen and oxygen atoms in total. The number of amides is 2. The molecular formula is C6H9NO2. The first-order valence-corrected chi connectivity index (χ1v) is 2.61. The minimum absolute atomic E-state index is 0.335. The van der Waals surface area contributed by atoms with Crippen molar-refractivity contribution in [3.8, 4) is 0 Å². The first kappa shape index (κ1) is 7.88. The molecule has 0 aromatic carbocycles. The van der Waals surface area contributed by atoms with Gasteiger partial charge >= 0.3 is 0 Å². The van der Waals surface area contributed by atoms with Crippen molar-refractivity contribution in [3.05, 3.63) is 12.2 Å². The van der Waals surface area contributed by atoms with Crippen molar-refractivity contribution in [2.24, 2.45) is 0 Å².